The summed E-state index contributed by atoms with van der Waals surface area (Å²) in [7, 11) is 1.43. The first-order chi connectivity index (χ1) is 5.93. The number of amides is 1. The lowest BCUT2D eigenvalue weighted by molar-refractivity contribution is -0.145. The number of aliphatic carboxylic acids is 1. The monoisotopic (exact) mass is 189 g/mol. The Hall–Kier alpha value is -1.10. The van der Waals surface area contributed by atoms with Crippen LogP contribution in [0.25, 0.3) is 0 Å². The maximum atomic E-state index is 11.1. The second kappa shape index (κ2) is 5.53. The number of carboxylic acid groups (broad SMARTS) is 1. The van der Waals surface area contributed by atoms with E-state index in [2.05, 4.69) is 0 Å². The number of rotatable bonds is 5. The largest absolute Gasteiger partial charge is 0.480 e. The Labute approximate surface area is 77.3 Å². The van der Waals surface area contributed by atoms with Crippen LogP contribution in [0.15, 0.2) is 0 Å². The minimum Gasteiger partial charge on any atom is -0.480 e. The van der Waals surface area contributed by atoms with E-state index < -0.39 is 5.97 Å². The van der Waals surface area contributed by atoms with E-state index in [0.29, 0.717) is 0 Å². The fourth-order valence-corrected chi connectivity index (χ4v) is 0.639. The van der Waals surface area contributed by atoms with Crippen molar-refractivity contribution in [2.24, 2.45) is 0 Å². The normalized spacial score (nSPS) is 10.2. The molecule has 0 radical (unpaired) electrons. The molecule has 0 aromatic heterocycles. The predicted molar refractivity (Wildman–Crippen MR) is 46.4 cm³/mol. The molecule has 0 aliphatic heterocycles. The lowest BCUT2D eigenvalue weighted by Gasteiger charge is -2.15. The Balaban J connectivity index is 3.76. The SMILES string of the molecule is CC(C)OCC(=O)N(C)CC(=O)O. The van der Waals surface area contributed by atoms with Crippen molar-refractivity contribution in [2.75, 3.05) is 20.2 Å². The van der Waals surface area contributed by atoms with Gasteiger partial charge in [-0.3, -0.25) is 9.59 Å². The minimum absolute atomic E-state index is 0.0258. The number of hydrogen-bond acceptors (Lipinski definition) is 3. The van der Waals surface area contributed by atoms with Crippen molar-refractivity contribution in [3.63, 3.8) is 0 Å². The average Bonchev–Trinajstić information content (AvgIpc) is 1.98. The number of hydrogen-bond donors (Lipinski definition) is 1. The Morgan fingerprint density at radius 2 is 2.00 bits per heavy atom. The molecule has 0 aromatic carbocycles. The smallest absolute Gasteiger partial charge is 0.323 e. The zero-order valence-electron chi connectivity index (χ0n) is 8.11. The summed E-state index contributed by atoms with van der Waals surface area (Å²) < 4.78 is 5.02. The van der Waals surface area contributed by atoms with E-state index in [-0.39, 0.29) is 25.2 Å². The van der Waals surface area contributed by atoms with Crippen LogP contribution in [-0.4, -0.2) is 48.2 Å². The van der Waals surface area contributed by atoms with E-state index in [4.69, 9.17) is 9.84 Å². The van der Waals surface area contributed by atoms with Crippen molar-refractivity contribution in [1.29, 1.82) is 0 Å². The number of carboxylic acids is 1. The van der Waals surface area contributed by atoms with Crippen LogP contribution < -0.4 is 0 Å². The van der Waals surface area contributed by atoms with E-state index in [9.17, 15) is 9.59 Å². The molecule has 5 heteroatoms. The highest BCUT2D eigenvalue weighted by atomic mass is 16.5. The van der Waals surface area contributed by atoms with Crippen LogP contribution in [0.4, 0.5) is 0 Å². The van der Waals surface area contributed by atoms with Gasteiger partial charge in [0.25, 0.3) is 0 Å². The highest BCUT2D eigenvalue weighted by Crippen LogP contribution is 1.91. The molecular formula is C8H15NO4. The molecule has 0 aliphatic carbocycles. The quantitative estimate of drug-likeness (QED) is 0.658. The first-order valence-corrected chi connectivity index (χ1v) is 4.01. The third kappa shape index (κ3) is 6.10. The van der Waals surface area contributed by atoms with Gasteiger partial charge in [-0.05, 0) is 13.8 Å². The molecular weight excluding hydrogens is 174 g/mol. The Morgan fingerprint density at radius 3 is 2.38 bits per heavy atom. The molecule has 0 unspecified atom stereocenters. The van der Waals surface area contributed by atoms with Crippen molar-refractivity contribution in [3.8, 4) is 0 Å². The summed E-state index contributed by atoms with van der Waals surface area (Å²) >= 11 is 0. The topological polar surface area (TPSA) is 66.8 Å². The number of nitrogens with zero attached hydrogens (tertiary/aromatic N) is 1. The second-order valence-corrected chi connectivity index (χ2v) is 3.00. The van der Waals surface area contributed by atoms with E-state index in [0.717, 1.165) is 4.90 Å². The molecule has 0 atom stereocenters. The molecule has 0 rings (SSSR count). The second-order valence-electron chi connectivity index (χ2n) is 3.00. The van der Waals surface area contributed by atoms with Crippen LogP contribution in [0.2, 0.25) is 0 Å². The summed E-state index contributed by atoms with van der Waals surface area (Å²) in [5.74, 6) is -1.35. The molecule has 0 aromatic rings. The fourth-order valence-electron chi connectivity index (χ4n) is 0.639. The summed E-state index contributed by atoms with van der Waals surface area (Å²) in [5, 5.41) is 8.38. The van der Waals surface area contributed by atoms with Gasteiger partial charge in [0.2, 0.25) is 5.91 Å². The lowest BCUT2D eigenvalue weighted by Crippen LogP contribution is -2.35. The zero-order valence-corrected chi connectivity index (χ0v) is 8.11. The Morgan fingerprint density at radius 1 is 1.46 bits per heavy atom. The van der Waals surface area contributed by atoms with E-state index in [1.54, 1.807) is 0 Å². The molecule has 0 bridgehead atoms. The van der Waals surface area contributed by atoms with Crippen LogP contribution in [0.1, 0.15) is 13.8 Å². The van der Waals surface area contributed by atoms with Crippen LogP contribution in [-0.2, 0) is 14.3 Å². The van der Waals surface area contributed by atoms with Gasteiger partial charge in [0, 0.05) is 7.05 Å². The lowest BCUT2D eigenvalue weighted by atomic mass is 10.4. The van der Waals surface area contributed by atoms with E-state index >= 15 is 0 Å². The van der Waals surface area contributed by atoms with Gasteiger partial charge < -0.3 is 14.7 Å². The van der Waals surface area contributed by atoms with Gasteiger partial charge in [0.1, 0.15) is 13.2 Å². The number of likely N-dealkylation sites (N-methyl/N-ethyl adjacent to an activating group) is 1. The number of ether oxygens (including phenoxy) is 1. The van der Waals surface area contributed by atoms with Crippen molar-refractivity contribution < 1.29 is 19.4 Å². The molecule has 0 heterocycles. The summed E-state index contributed by atoms with van der Waals surface area (Å²) in [6.07, 6.45) is -0.0258. The van der Waals surface area contributed by atoms with Crippen LogP contribution in [0, 0.1) is 0 Å². The van der Waals surface area contributed by atoms with Crippen molar-refractivity contribution in [3.05, 3.63) is 0 Å². The summed E-state index contributed by atoms with van der Waals surface area (Å²) in [4.78, 5) is 22.5. The maximum absolute atomic E-state index is 11.1. The van der Waals surface area contributed by atoms with Crippen LogP contribution in [0.5, 0.6) is 0 Å². The van der Waals surface area contributed by atoms with Crippen molar-refractivity contribution in [2.45, 2.75) is 20.0 Å². The van der Waals surface area contributed by atoms with Gasteiger partial charge in [-0.2, -0.15) is 0 Å². The van der Waals surface area contributed by atoms with Gasteiger partial charge in [0.15, 0.2) is 0 Å². The predicted octanol–water partition coefficient (Wildman–Crippen LogP) is -0.0456. The molecule has 5 nitrogen and oxygen atoms in total. The average molecular weight is 189 g/mol. The van der Waals surface area contributed by atoms with Crippen molar-refractivity contribution >= 4 is 11.9 Å². The number of carbonyl (C=O) groups is 2. The summed E-state index contributed by atoms with van der Waals surface area (Å²) in [6.45, 7) is 3.26. The number of carbonyl (C=O) groups excluding carboxylic acids is 1. The van der Waals surface area contributed by atoms with Crippen molar-refractivity contribution in [1.82, 2.24) is 4.90 Å². The first-order valence-electron chi connectivity index (χ1n) is 4.01. The molecule has 0 fully saturated rings. The van der Waals surface area contributed by atoms with Gasteiger partial charge in [-0.1, -0.05) is 0 Å². The molecule has 13 heavy (non-hydrogen) atoms. The van der Waals surface area contributed by atoms with Gasteiger partial charge >= 0.3 is 5.97 Å². The van der Waals surface area contributed by atoms with Gasteiger partial charge in [-0.15, -0.1) is 0 Å². The standard InChI is InChI=1S/C8H15NO4/c1-6(2)13-5-7(10)9(3)4-8(11)12/h6H,4-5H2,1-3H3,(H,11,12). The maximum Gasteiger partial charge on any atom is 0.323 e. The van der Waals surface area contributed by atoms with Crippen LogP contribution in [0.3, 0.4) is 0 Å². The molecule has 1 amide bonds. The molecule has 76 valence electrons. The fraction of sp³-hybridized carbons (Fsp3) is 0.750. The first kappa shape index (κ1) is 11.9. The molecule has 0 saturated heterocycles. The molecule has 0 saturated carbocycles. The third-order valence-corrected chi connectivity index (χ3v) is 1.34. The van der Waals surface area contributed by atoms with Gasteiger partial charge in [-0.25, -0.2) is 0 Å². The third-order valence-electron chi connectivity index (χ3n) is 1.34. The highest BCUT2D eigenvalue weighted by Gasteiger charge is 2.12. The van der Waals surface area contributed by atoms with E-state index in [1.807, 2.05) is 13.8 Å². The summed E-state index contributed by atoms with van der Waals surface area (Å²) in [5.41, 5.74) is 0. The Kier molecular flexibility index (Phi) is 5.06. The summed E-state index contributed by atoms with van der Waals surface area (Å²) in [6, 6.07) is 0. The Bertz CT molecular complexity index is 191. The van der Waals surface area contributed by atoms with Crippen LogP contribution >= 0.6 is 0 Å². The van der Waals surface area contributed by atoms with E-state index in [1.165, 1.54) is 7.05 Å². The minimum atomic E-state index is -1.03. The highest BCUT2D eigenvalue weighted by molar-refractivity contribution is 5.81. The molecule has 0 spiro atoms. The van der Waals surface area contributed by atoms with Gasteiger partial charge in [0.05, 0.1) is 6.10 Å². The molecule has 0 aliphatic rings. The molecule has 1 N–H and O–H groups in total. The zero-order chi connectivity index (χ0) is 10.4.